The number of aromatic nitrogens is 1. The van der Waals surface area contributed by atoms with Gasteiger partial charge in [-0.2, -0.15) is 10.3 Å². The van der Waals surface area contributed by atoms with Crippen LogP contribution in [0, 0.1) is 21.4 Å². The lowest BCUT2D eigenvalue weighted by atomic mass is 10.1. The van der Waals surface area contributed by atoms with E-state index in [1.807, 2.05) is 13.0 Å². The first kappa shape index (κ1) is 19.4. The molecule has 1 aromatic heterocycles. The SMILES string of the molecule is CCOCCn1c(=NC(=O)c2ccc(C#N)cc2)sc2ccc([N+](=O)[O-])cc21. The summed E-state index contributed by atoms with van der Waals surface area (Å²) in [5, 5.41) is 20.0. The topological polar surface area (TPSA) is 111 Å². The Balaban J connectivity index is 2.07. The molecule has 0 spiro atoms. The number of carbonyl (C=O) groups is 1. The summed E-state index contributed by atoms with van der Waals surface area (Å²) in [6.45, 7) is 3.22. The summed E-state index contributed by atoms with van der Waals surface area (Å²) in [6, 6.07) is 12.8. The molecule has 0 radical (unpaired) electrons. The Kier molecular flexibility index (Phi) is 5.93. The molecule has 0 aliphatic heterocycles. The van der Waals surface area contributed by atoms with Crippen LogP contribution in [0.3, 0.4) is 0 Å². The summed E-state index contributed by atoms with van der Waals surface area (Å²) >= 11 is 1.28. The van der Waals surface area contributed by atoms with Crippen LogP contribution in [0.4, 0.5) is 5.69 Å². The van der Waals surface area contributed by atoms with Gasteiger partial charge >= 0.3 is 0 Å². The Morgan fingerprint density at radius 2 is 2.07 bits per heavy atom. The summed E-state index contributed by atoms with van der Waals surface area (Å²) in [5.74, 6) is -0.448. The number of carbonyl (C=O) groups excluding carboxylic acids is 1. The number of nitriles is 1. The van der Waals surface area contributed by atoms with Crippen molar-refractivity contribution in [3.05, 3.63) is 68.5 Å². The Bertz CT molecular complexity index is 1140. The molecule has 28 heavy (non-hydrogen) atoms. The van der Waals surface area contributed by atoms with Gasteiger partial charge in [0.25, 0.3) is 11.6 Å². The second-order valence-electron chi connectivity index (χ2n) is 5.75. The predicted molar refractivity (Wildman–Crippen MR) is 104 cm³/mol. The van der Waals surface area contributed by atoms with Crippen molar-refractivity contribution in [2.24, 2.45) is 4.99 Å². The van der Waals surface area contributed by atoms with Gasteiger partial charge in [0.15, 0.2) is 4.80 Å². The first-order chi connectivity index (χ1) is 13.5. The number of amides is 1. The molecule has 9 heteroatoms. The van der Waals surface area contributed by atoms with Crippen LogP contribution < -0.4 is 4.80 Å². The molecule has 1 amide bonds. The second kappa shape index (κ2) is 8.56. The van der Waals surface area contributed by atoms with Gasteiger partial charge < -0.3 is 9.30 Å². The van der Waals surface area contributed by atoms with Crippen molar-refractivity contribution in [2.45, 2.75) is 13.5 Å². The van der Waals surface area contributed by atoms with E-state index in [0.717, 1.165) is 4.70 Å². The van der Waals surface area contributed by atoms with Crippen molar-refractivity contribution >= 4 is 33.1 Å². The zero-order valence-electron chi connectivity index (χ0n) is 15.0. The zero-order chi connectivity index (χ0) is 20.1. The molecule has 0 bridgehead atoms. The fraction of sp³-hybridized carbons (Fsp3) is 0.211. The number of non-ortho nitro benzene ring substituents is 1. The van der Waals surface area contributed by atoms with E-state index in [9.17, 15) is 14.9 Å². The normalized spacial score (nSPS) is 11.5. The molecular weight excluding hydrogens is 380 g/mol. The smallest absolute Gasteiger partial charge is 0.279 e. The highest BCUT2D eigenvalue weighted by molar-refractivity contribution is 7.16. The molecule has 0 fully saturated rings. The number of nitro benzene ring substituents is 1. The fourth-order valence-electron chi connectivity index (χ4n) is 2.61. The van der Waals surface area contributed by atoms with Crippen molar-refractivity contribution in [2.75, 3.05) is 13.2 Å². The highest BCUT2D eigenvalue weighted by atomic mass is 32.1. The first-order valence-electron chi connectivity index (χ1n) is 8.48. The van der Waals surface area contributed by atoms with Crippen LogP contribution in [0.15, 0.2) is 47.5 Å². The Hall–Kier alpha value is -3.35. The van der Waals surface area contributed by atoms with Gasteiger partial charge in [0.1, 0.15) is 0 Å². The molecule has 3 rings (SSSR count). The molecule has 0 aliphatic rings. The monoisotopic (exact) mass is 396 g/mol. The van der Waals surface area contributed by atoms with E-state index in [2.05, 4.69) is 4.99 Å². The average molecular weight is 396 g/mol. The van der Waals surface area contributed by atoms with Gasteiger partial charge in [0.2, 0.25) is 0 Å². The largest absolute Gasteiger partial charge is 0.380 e. The second-order valence-corrected chi connectivity index (χ2v) is 6.76. The van der Waals surface area contributed by atoms with Crippen LogP contribution in [-0.4, -0.2) is 28.6 Å². The van der Waals surface area contributed by atoms with E-state index in [1.165, 1.54) is 23.5 Å². The number of benzene rings is 2. The van der Waals surface area contributed by atoms with E-state index in [1.54, 1.807) is 34.9 Å². The lowest BCUT2D eigenvalue weighted by molar-refractivity contribution is -0.384. The van der Waals surface area contributed by atoms with Gasteiger partial charge in [-0.05, 0) is 37.3 Å². The van der Waals surface area contributed by atoms with Gasteiger partial charge in [-0.1, -0.05) is 11.3 Å². The Morgan fingerprint density at radius 3 is 2.71 bits per heavy atom. The minimum Gasteiger partial charge on any atom is -0.380 e. The Morgan fingerprint density at radius 1 is 1.32 bits per heavy atom. The number of fused-ring (bicyclic) bond motifs is 1. The van der Waals surface area contributed by atoms with E-state index < -0.39 is 10.8 Å². The molecular formula is C19H16N4O4S. The summed E-state index contributed by atoms with van der Waals surface area (Å²) in [7, 11) is 0. The number of hydrogen-bond acceptors (Lipinski definition) is 6. The van der Waals surface area contributed by atoms with Gasteiger partial charge in [-0.15, -0.1) is 0 Å². The maximum Gasteiger partial charge on any atom is 0.279 e. The van der Waals surface area contributed by atoms with E-state index in [4.69, 9.17) is 10.00 Å². The number of ether oxygens (including phenoxy) is 1. The lowest BCUT2D eigenvalue weighted by Gasteiger charge is -2.05. The highest BCUT2D eigenvalue weighted by Crippen LogP contribution is 2.23. The third-order valence-corrected chi connectivity index (χ3v) is 5.06. The van der Waals surface area contributed by atoms with E-state index in [0.29, 0.717) is 41.2 Å². The maximum absolute atomic E-state index is 12.6. The number of rotatable bonds is 6. The van der Waals surface area contributed by atoms with Crippen molar-refractivity contribution in [1.29, 1.82) is 5.26 Å². The van der Waals surface area contributed by atoms with Crippen molar-refractivity contribution < 1.29 is 14.5 Å². The third-order valence-electron chi connectivity index (χ3n) is 4.00. The standard InChI is InChI=1S/C19H16N4O4S/c1-2-27-10-9-22-16-11-15(23(25)26)7-8-17(16)28-19(22)21-18(24)14-5-3-13(12-20)4-6-14/h3-8,11H,2,9-10H2,1H3. The molecule has 2 aromatic carbocycles. The zero-order valence-corrected chi connectivity index (χ0v) is 15.8. The van der Waals surface area contributed by atoms with Crippen LogP contribution in [-0.2, 0) is 11.3 Å². The van der Waals surface area contributed by atoms with Gasteiger partial charge in [-0.3, -0.25) is 14.9 Å². The van der Waals surface area contributed by atoms with Crippen LogP contribution in [0.25, 0.3) is 10.2 Å². The molecule has 0 atom stereocenters. The van der Waals surface area contributed by atoms with Crippen molar-refractivity contribution in [3.63, 3.8) is 0 Å². The third kappa shape index (κ3) is 4.14. The maximum atomic E-state index is 12.6. The fourth-order valence-corrected chi connectivity index (χ4v) is 3.65. The summed E-state index contributed by atoms with van der Waals surface area (Å²) in [4.78, 5) is 27.9. The number of thiazole rings is 1. The van der Waals surface area contributed by atoms with Crippen LogP contribution in [0.2, 0.25) is 0 Å². The molecule has 3 aromatic rings. The van der Waals surface area contributed by atoms with Crippen molar-refractivity contribution in [3.8, 4) is 6.07 Å². The van der Waals surface area contributed by atoms with Crippen LogP contribution in [0.5, 0.6) is 0 Å². The first-order valence-corrected chi connectivity index (χ1v) is 9.30. The minimum atomic E-state index is -0.456. The molecule has 0 N–H and O–H groups in total. The quantitative estimate of drug-likeness (QED) is 0.361. The summed E-state index contributed by atoms with van der Waals surface area (Å²) < 4.78 is 7.94. The Labute approximate surface area is 164 Å². The molecule has 8 nitrogen and oxygen atoms in total. The summed E-state index contributed by atoms with van der Waals surface area (Å²) in [5.41, 5.74) is 1.42. The van der Waals surface area contributed by atoms with Crippen molar-refractivity contribution in [1.82, 2.24) is 4.57 Å². The molecule has 142 valence electrons. The van der Waals surface area contributed by atoms with E-state index in [-0.39, 0.29) is 5.69 Å². The number of hydrogen-bond donors (Lipinski definition) is 0. The number of nitrogens with zero attached hydrogens (tertiary/aromatic N) is 4. The predicted octanol–water partition coefficient (Wildman–Crippen LogP) is 3.26. The molecule has 1 heterocycles. The van der Waals surface area contributed by atoms with Crippen LogP contribution >= 0.6 is 11.3 Å². The van der Waals surface area contributed by atoms with Gasteiger partial charge in [-0.25, -0.2) is 0 Å². The van der Waals surface area contributed by atoms with Gasteiger partial charge in [0.05, 0.1) is 33.4 Å². The minimum absolute atomic E-state index is 0.0274. The van der Waals surface area contributed by atoms with Crippen LogP contribution in [0.1, 0.15) is 22.8 Å². The van der Waals surface area contributed by atoms with Gasteiger partial charge in [0, 0.05) is 30.8 Å². The number of nitro groups is 1. The molecule has 0 saturated carbocycles. The highest BCUT2D eigenvalue weighted by Gasteiger charge is 2.13. The van der Waals surface area contributed by atoms with E-state index >= 15 is 0 Å². The lowest BCUT2D eigenvalue weighted by Crippen LogP contribution is -2.19. The molecule has 0 saturated heterocycles. The summed E-state index contributed by atoms with van der Waals surface area (Å²) in [6.07, 6.45) is 0. The molecule has 0 unspecified atom stereocenters. The molecule has 0 aliphatic carbocycles. The average Bonchev–Trinajstić information content (AvgIpc) is 3.04.